The first-order valence-electron chi connectivity index (χ1n) is 10.4. The maximum absolute atomic E-state index is 13.0. The fourth-order valence-electron chi connectivity index (χ4n) is 2.99. The Kier molecular flexibility index (Phi) is 10.4. The summed E-state index contributed by atoms with van der Waals surface area (Å²) >= 11 is 0. The molecule has 0 aliphatic rings. The number of carbonyl (C=O) groups excluding carboxylic acids is 4. The molecule has 2 rings (SSSR count). The molecule has 9 nitrogen and oxygen atoms in total. The highest BCUT2D eigenvalue weighted by Gasteiger charge is 2.28. The summed E-state index contributed by atoms with van der Waals surface area (Å²) in [6, 6.07) is 16.1. The Labute approximate surface area is 192 Å². The quantitative estimate of drug-likeness (QED) is 0.393. The van der Waals surface area contributed by atoms with Crippen LogP contribution in [0.25, 0.3) is 0 Å². The second-order valence-corrected chi connectivity index (χ2v) is 7.15. The van der Waals surface area contributed by atoms with E-state index in [0.717, 1.165) is 11.1 Å². The first kappa shape index (κ1) is 25.4. The third-order valence-electron chi connectivity index (χ3n) is 4.77. The van der Waals surface area contributed by atoms with Gasteiger partial charge in [-0.25, -0.2) is 9.59 Å². The normalized spacial score (nSPS) is 12.1. The van der Waals surface area contributed by atoms with Crippen LogP contribution in [-0.2, 0) is 41.6 Å². The van der Waals surface area contributed by atoms with Crippen LogP contribution in [0.4, 0.5) is 4.79 Å². The zero-order valence-electron chi connectivity index (χ0n) is 18.6. The summed E-state index contributed by atoms with van der Waals surface area (Å²) in [6.45, 7) is 0.0380. The summed E-state index contributed by atoms with van der Waals surface area (Å²) < 4.78 is 14.5. The Morgan fingerprint density at radius 2 is 1.39 bits per heavy atom. The second kappa shape index (κ2) is 13.5. The topological polar surface area (TPSA) is 120 Å². The van der Waals surface area contributed by atoms with E-state index < -0.39 is 36.0 Å². The first-order valence-corrected chi connectivity index (χ1v) is 10.4. The van der Waals surface area contributed by atoms with Crippen LogP contribution in [0.15, 0.2) is 60.7 Å². The standard InChI is InChI=1S/C24H28N2O7/c1-31-21(27)14-13-19(23(29)32-2)25-22(28)20(15-17-9-5-3-6-10-17)26-24(30)33-16-18-11-7-4-8-12-18/h3-12,19-20H,13-16H2,1-2H3,(H,25,28)(H,26,30)/t19-,20+/m0/s1. The third kappa shape index (κ3) is 9.02. The molecule has 0 bridgehead atoms. The Balaban J connectivity index is 2.08. The fourth-order valence-corrected chi connectivity index (χ4v) is 2.99. The zero-order chi connectivity index (χ0) is 24.1. The molecule has 0 heterocycles. The van der Waals surface area contributed by atoms with E-state index in [1.807, 2.05) is 60.7 Å². The number of alkyl carbamates (subject to hydrolysis) is 1. The number of methoxy groups -OCH3 is 2. The number of rotatable bonds is 11. The van der Waals surface area contributed by atoms with Crippen LogP contribution in [0, 0.1) is 0 Å². The molecular formula is C24H28N2O7. The lowest BCUT2D eigenvalue weighted by Gasteiger charge is -2.22. The Morgan fingerprint density at radius 3 is 1.97 bits per heavy atom. The molecule has 33 heavy (non-hydrogen) atoms. The molecule has 0 saturated heterocycles. The predicted molar refractivity (Wildman–Crippen MR) is 119 cm³/mol. The molecule has 0 spiro atoms. The minimum absolute atomic E-state index is 0.0123. The van der Waals surface area contributed by atoms with Gasteiger partial charge in [-0.2, -0.15) is 0 Å². The molecule has 0 unspecified atom stereocenters. The average Bonchev–Trinajstić information content (AvgIpc) is 2.85. The lowest BCUT2D eigenvalue weighted by atomic mass is 10.0. The highest BCUT2D eigenvalue weighted by atomic mass is 16.5. The molecule has 2 atom stereocenters. The number of ether oxygens (including phenoxy) is 3. The molecule has 0 saturated carbocycles. The van der Waals surface area contributed by atoms with Crippen molar-refractivity contribution in [2.24, 2.45) is 0 Å². The van der Waals surface area contributed by atoms with Crippen LogP contribution in [-0.4, -0.2) is 50.2 Å². The van der Waals surface area contributed by atoms with Crippen LogP contribution >= 0.6 is 0 Å². The molecule has 0 fully saturated rings. The van der Waals surface area contributed by atoms with Gasteiger partial charge in [0.1, 0.15) is 18.7 Å². The van der Waals surface area contributed by atoms with Crippen molar-refractivity contribution in [2.45, 2.75) is 38.0 Å². The number of nitrogens with one attached hydrogen (secondary N) is 2. The SMILES string of the molecule is COC(=O)CC[C@H](NC(=O)[C@@H](Cc1ccccc1)NC(=O)OCc1ccccc1)C(=O)OC. The Morgan fingerprint density at radius 1 is 0.788 bits per heavy atom. The first-order chi connectivity index (χ1) is 15.9. The number of benzene rings is 2. The molecule has 0 aliphatic carbocycles. The van der Waals surface area contributed by atoms with Crippen molar-refractivity contribution in [3.63, 3.8) is 0 Å². The van der Waals surface area contributed by atoms with Crippen molar-refractivity contribution in [1.29, 1.82) is 0 Å². The molecule has 2 aromatic rings. The molecular weight excluding hydrogens is 428 g/mol. The van der Waals surface area contributed by atoms with Crippen LogP contribution in [0.1, 0.15) is 24.0 Å². The van der Waals surface area contributed by atoms with Crippen molar-refractivity contribution in [3.8, 4) is 0 Å². The minimum Gasteiger partial charge on any atom is -0.469 e. The molecule has 0 aliphatic heterocycles. The van der Waals surface area contributed by atoms with Crippen molar-refractivity contribution < 1.29 is 33.4 Å². The van der Waals surface area contributed by atoms with Gasteiger partial charge in [0, 0.05) is 12.8 Å². The Bertz CT molecular complexity index is 919. The predicted octanol–water partition coefficient (Wildman–Crippen LogP) is 2.14. The maximum atomic E-state index is 13.0. The molecule has 176 valence electrons. The van der Waals surface area contributed by atoms with Crippen LogP contribution in [0.3, 0.4) is 0 Å². The van der Waals surface area contributed by atoms with Crippen LogP contribution in [0.5, 0.6) is 0 Å². The van der Waals surface area contributed by atoms with Gasteiger partial charge >= 0.3 is 18.0 Å². The van der Waals surface area contributed by atoms with Crippen molar-refractivity contribution in [2.75, 3.05) is 14.2 Å². The van der Waals surface area contributed by atoms with Gasteiger partial charge in [-0.3, -0.25) is 9.59 Å². The van der Waals surface area contributed by atoms with Gasteiger partial charge in [0.05, 0.1) is 14.2 Å². The summed E-state index contributed by atoms with van der Waals surface area (Å²) in [5, 5.41) is 5.11. The van der Waals surface area contributed by atoms with E-state index in [-0.39, 0.29) is 25.9 Å². The monoisotopic (exact) mass is 456 g/mol. The van der Waals surface area contributed by atoms with Crippen molar-refractivity contribution in [1.82, 2.24) is 10.6 Å². The van der Waals surface area contributed by atoms with E-state index in [1.54, 1.807) is 0 Å². The third-order valence-corrected chi connectivity index (χ3v) is 4.77. The molecule has 2 amide bonds. The van der Waals surface area contributed by atoms with Gasteiger partial charge in [0.2, 0.25) is 5.91 Å². The van der Waals surface area contributed by atoms with Crippen LogP contribution < -0.4 is 10.6 Å². The number of hydrogen-bond acceptors (Lipinski definition) is 7. The summed E-state index contributed by atoms with van der Waals surface area (Å²) in [7, 11) is 2.41. The summed E-state index contributed by atoms with van der Waals surface area (Å²) in [5.41, 5.74) is 1.59. The highest BCUT2D eigenvalue weighted by molar-refractivity contribution is 5.90. The summed E-state index contributed by atoms with van der Waals surface area (Å²) in [5.74, 6) is -1.85. The van der Waals surface area contributed by atoms with Crippen molar-refractivity contribution in [3.05, 3.63) is 71.8 Å². The van der Waals surface area contributed by atoms with E-state index >= 15 is 0 Å². The fraction of sp³-hybridized carbons (Fsp3) is 0.333. The van der Waals surface area contributed by atoms with Gasteiger partial charge in [-0.15, -0.1) is 0 Å². The molecule has 2 N–H and O–H groups in total. The van der Waals surface area contributed by atoms with Gasteiger partial charge < -0.3 is 24.8 Å². The lowest BCUT2D eigenvalue weighted by molar-refractivity contribution is -0.146. The molecule has 0 radical (unpaired) electrons. The van der Waals surface area contributed by atoms with Gasteiger partial charge in [0.25, 0.3) is 0 Å². The maximum Gasteiger partial charge on any atom is 0.408 e. The zero-order valence-corrected chi connectivity index (χ0v) is 18.6. The Hall–Kier alpha value is -3.88. The van der Waals surface area contributed by atoms with E-state index in [9.17, 15) is 19.2 Å². The van der Waals surface area contributed by atoms with E-state index in [4.69, 9.17) is 9.47 Å². The summed E-state index contributed by atoms with van der Waals surface area (Å²) in [6.07, 6.45) is -0.717. The number of carbonyl (C=O) groups is 4. The summed E-state index contributed by atoms with van der Waals surface area (Å²) in [4.78, 5) is 49.0. The van der Waals surface area contributed by atoms with Crippen molar-refractivity contribution >= 4 is 23.9 Å². The van der Waals surface area contributed by atoms with E-state index in [2.05, 4.69) is 15.4 Å². The number of hydrogen-bond donors (Lipinski definition) is 2. The van der Waals surface area contributed by atoms with Gasteiger partial charge in [-0.1, -0.05) is 60.7 Å². The molecule has 0 aromatic heterocycles. The second-order valence-electron chi connectivity index (χ2n) is 7.15. The van der Waals surface area contributed by atoms with Gasteiger partial charge in [-0.05, 0) is 17.5 Å². The highest BCUT2D eigenvalue weighted by Crippen LogP contribution is 2.08. The van der Waals surface area contributed by atoms with E-state index in [1.165, 1.54) is 14.2 Å². The molecule has 9 heteroatoms. The number of amides is 2. The van der Waals surface area contributed by atoms with Crippen LogP contribution in [0.2, 0.25) is 0 Å². The minimum atomic E-state index is -1.08. The average molecular weight is 456 g/mol. The lowest BCUT2D eigenvalue weighted by Crippen LogP contribution is -2.52. The molecule has 2 aromatic carbocycles. The largest absolute Gasteiger partial charge is 0.469 e. The number of esters is 2. The smallest absolute Gasteiger partial charge is 0.408 e. The van der Waals surface area contributed by atoms with Gasteiger partial charge in [0.15, 0.2) is 0 Å². The van der Waals surface area contributed by atoms with E-state index in [0.29, 0.717) is 0 Å².